The predicted octanol–water partition coefficient (Wildman–Crippen LogP) is 1.66. The summed E-state index contributed by atoms with van der Waals surface area (Å²) in [4.78, 5) is 12.1. The number of rotatable bonds is 3. The molecule has 1 heterocycles. The van der Waals surface area contributed by atoms with Crippen LogP contribution in [0.1, 0.15) is 22.3 Å². The van der Waals surface area contributed by atoms with Crippen molar-refractivity contribution in [3.63, 3.8) is 0 Å². The third kappa shape index (κ3) is 3.60. The van der Waals surface area contributed by atoms with Gasteiger partial charge in [-0.1, -0.05) is 16.3 Å². The van der Waals surface area contributed by atoms with Crippen LogP contribution in [0.4, 0.5) is 9.39 Å². The number of benzene rings is 1. The summed E-state index contributed by atoms with van der Waals surface area (Å²) < 4.78 is 16.9. The SMILES string of the molecule is O=C(Nc1cnns1)c1ccc(F)cc1C#CCCO. The number of aliphatic hydroxyl groups is 1. The number of anilines is 1. The number of aromatic nitrogens is 2. The van der Waals surface area contributed by atoms with Gasteiger partial charge in [-0.2, -0.15) is 0 Å². The molecule has 0 aliphatic rings. The number of amides is 1. The summed E-state index contributed by atoms with van der Waals surface area (Å²) >= 11 is 1.04. The van der Waals surface area contributed by atoms with Crippen molar-refractivity contribution >= 4 is 22.4 Å². The lowest BCUT2D eigenvalue weighted by Gasteiger charge is -2.04. The molecular weight excluding hydrogens is 281 g/mol. The van der Waals surface area contributed by atoms with Crippen LogP contribution in [0.25, 0.3) is 0 Å². The molecule has 102 valence electrons. The molecule has 0 atom stereocenters. The van der Waals surface area contributed by atoms with Crippen LogP contribution in [0.15, 0.2) is 24.4 Å². The first kappa shape index (κ1) is 14.1. The topological polar surface area (TPSA) is 75.1 Å². The number of nitrogens with zero attached hydrogens (tertiary/aromatic N) is 2. The summed E-state index contributed by atoms with van der Waals surface area (Å²) in [6.45, 7) is -0.0869. The smallest absolute Gasteiger partial charge is 0.257 e. The Morgan fingerprint density at radius 1 is 1.50 bits per heavy atom. The van der Waals surface area contributed by atoms with Crippen LogP contribution in [0.2, 0.25) is 0 Å². The Morgan fingerprint density at radius 3 is 3.05 bits per heavy atom. The second-order valence-electron chi connectivity index (χ2n) is 3.70. The minimum absolute atomic E-state index is 0.0869. The highest BCUT2D eigenvalue weighted by Crippen LogP contribution is 2.15. The molecule has 0 aliphatic heterocycles. The number of nitrogens with one attached hydrogen (secondary N) is 1. The summed E-state index contributed by atoms with van der Waals surface area (Å²) in [7, 11) is 0. The molecule has 0 spiro atoms. The van der Waals surface area contributed by atoms with Crippen molar-refractivity contribution in [1.82, 2.24) is 9.59 Å². The number of carbonyl (C=O) groups excluding carboxylic acids is 1. The number of hydrogen-bond donors (Lipinski definition) is 2. The van der Waals surface area contributed by atoms with E-state index in [1.54, 1.807) is 0 Å². The first-order chi connectivity index (χ1) is 9.70. The first-order valence-electron chi connectivity index (χ1n) is 5.68. The fourth-order valence-electron chi connectivity index (χ4n) is 1.43. The first-order valence-corrected chi connectivity index (χ1v) is 6.46. The fraction of sp³-hybridized carbons (Fsp3) is 0.154. The Bertz CT molecular complexity index is 662. The van der Waals surface area contributed by atoms with E-state index >= 15 is 0 Å². The highest BCUT2D eigenvalue weighted by Gasteiger charge is 2.12. The van der Waals surface area contributed by atoms with Gasteiger partial charge in [-0.3, -0.25) is 4.79 Å². The molecule has 1 amide bonds. The number of halogens is 1. The Balaban J connectivity index is 2.26. The van der Waals surface area contributed by atoms with Crippen molar-refractivity contribution in [3.8, 4) is 11.8 Å². The molecule has 2 aromatic rings. The average Bonchev–Trinajstić information content (AvgIpc) is 2.92. The van der Waals surface area contributed by atoms with E-state index in [2.05, 4.69) is 26.7 Å². The Hall–Kier alpha value is -2.30. The third-order valence-corrected chi connectivity index (χ3v) is 2.86. The number of aliphatic hydroxyl groups excluding tert-OH is 1. The molecule has 0 saturated carbocycles. The molecule has 0 bridgehead atoms. The zero-order valence-electron chi connectivity index (χ0n) is 10.3. The third-order valence-electron chi connectivity index (χ3n) is 2.28. The van der Waals surface area contributed by atoms with Crippen LogP contribution >= 0.6 is 11.5 Å². The van der Waals surface area contributed by atoms with Gasteiger partial charge in [-0.15, -0.1) is 5.10 Å². The van der Waals surface area contributed by atoms with E-state index in [9.17, 15) is 9.18 Å². The normalized spacial score (nSPS) is 9.70. The molecule has 1 aromatic carbocycles. The summed E-state index contributed by atoms with van der Waals surface area (Å²) in [5.74, 6) is 4.45. The maximum atomic E-state index is 13.2. The lowest BCUT2D eigenvalue weighted by atomic mass is 10.1. The van der Waals surface area contributed by atoms with Crippen molar-refractivity contribution in [1.29, 1.82) is 0 Å². The van der Waals surface area contributed by atoms with Crippen LogP contribution in [-0.2, 0) is 0 Å². The Kier molecular flexibility index (Phi) is 4.76. The van der Waals surface area contributed by atoms with Gasteiger partial charge in [-0.25, -0.2) is 4.39 Å². The van der Waals surface area contributed by atoms with Crippen LogP contribution in [-0.4, -0.2) is 27.2 Å². The van der Waals surface area contributed by atoms with Gasteiger partial charge in [0.05, 0.1) is 18.4 Å². The quantitative estimate of drug-likeness (QED) is 0.843. The van der Waals surface area contributed by atoms with Gasteiger partial charge in [0, 0.05) is 23.5 Å². The molecule has 0 saturated heterocycles. The summed E-state index contributed by atoms with van der Waals surface area (Å²) in [5, 5.41) is 15.4. The van der Waals surface area contributed by atoms with Crippen LogP contribution in [0.5, 0.6) is 0 Å². The molecule has 1 aromatic heterocycles. The largest absolute Gasteiger partial charge is 0.395 e. The zero-order valence-corrected chi connectivity index (χ0v) is 11.1. The van der Waals surface area contributed by atoms with Crippen molar-refractivity contribution in [2.45, 2.75) is 6.42 Å². The summed E-state index contributed by atoms with van der Waals surface area (Å²) in [5.41, 5.74) is 0.527. The molecule has 2 rings (SSSR count). The van der Waals surface area contributed by atoms with E-state index in [1.807, 2.05) is 0 Å². The number of hydrogen-bond acceptors (Lipinski definition) is 5. The predicted molar refractivity (Wildman–Crippen MR) is 72.8 cm³/mol. The van der Waals surface area contributed by atoms with Gasteiger partial charge < -0.3 is 10.4 Å². The molecule has 0 unspecified atom stereocenters. The van der Waals surface area contributed by atoms with Gasteiger partial charge in [-0.05, 0) is 18.2 Å². The average molecular weight is 291 g/mol. The van der Waals surface area contributed by atoms with E-state index in [0.29, 0.717) is 5.00 Å². The Labute approximate surface area is 118 Å². The molecular formula is C13H10FN3O2S. The van der Waals surface area contributed by atoms with Crippen molar-refractivity contribution in [2.24, 2.45) is 0 Å². The van der Waals surface area contributed by atoms with Gasteiger partial charge in [0.2, 0.25) is 0 Å². The maximum absolute atomic E-state index is 13.2. The van der Waals surface area contributed by atoms with Gasteiger partial charge in [0.1, 0.15) is 10.8 Å². The summed E-state index contributed by atoms with van der Waals surface area (Å²) in [6.07, 6.45) is 1.68. The molecule has 20 heavy (non-hydrogen) atoms. The van der Waals surface area contributed by atoms with Gasteiger partial charge >= 0.3 is 0 Å². The second kappa shape index (κ2) is 6.75. The molecule has 0 fully saturated rings. The monoisotopic (exact) mass is 291 g/mol. The van der Waals surface area contributed by atoms with E-state index in [4.69, 9.17) is 5.11 Å². The highest BCUT2D eigenvalue weighted by molar-refractivity contribution is 7.10. The van der Waals surface area contributed by atoms with Crippen molar-refractivity contribution < 1.29 is 14.3 Å². The fourth-order valence-corrected chi connectivity index (χ4v) is 1.85. The van der Waals surface area contributed by atoms with E-state index in [1.165, 1.54) is 24.4 Å². The molecule has 5 nitrogen and oxygen atoms in total. The lowest BCUT2D eigenvalue weighted by Crippen LogP contribution is -2.13. The summed E-state index contributed by atoms with van der Waals surface area (Å²) in [6, 6.07) is 3.74. The van der Waals surface area contributed by atoms with E-state index in [0.717, 1.165) is 11.5 Å². The Morgan fingerprint density at radius 2 is 2.35 bits per heavy atom. The number of carbonyl (C=O) groups is 1. The molecule has 7 heteroatoms. The minimum Gasteiger partial charge on any atom is -0.395 e. The molecule has 0 radical (unpaired) electrons. The van der Waals surface area contributed by atoms with E-state index in [-0.39, 0.29) is 24.2 Å². The maximum Gasteiger partial charge on any atom is 0.257 e. The minimum atomic E-state index is -0.477. The molecule has 2 N–H and O–H groups in total. The van der Waals surface area contributed by atoms with Crippen LogP contribution in [0.3, 0.4) is 0 Å². The van der Waals surface area contributed by atoms with Gasteiger partial charge in [0.15, 0.2) is 0 Å². The van der Waals surface area contributed by atoms with Crippen LogP contribution in [0, 0.1) is 17.7 Å². The highest BCUT2D eigenvalue weighted by atomic mass is 32.1. The standard InChI is InChI=1S/C13H10FN3O2S/c14-10-4-5-11(9(7-10)3-1-2-6-18)13(19)16-12-8-15-17-20-12/h4-5,7-8,18H,2,6H2,(H,16,19). The zero-order chi connectivity index (χ0) is 14.4. The van der Waals surface area contributed by atoms with Gasteiger partial charge in [0.25, 0.3) is 5.91 Å². The second-order valence-corrected chi connectivity index (χ2v) is 4.49. The molecule has 0 aliphatic carbocycles. The van der Waals surface area contributed by atoms with Crippen LogP contribution < -0.4 is 5.32 Å². The van der Waals surface area contributed by atoms with E-state index < -0.39 is 11.7 Å². The lowest BCUT2D eigenvalue weighted by molar-refractivity contribution is 0.102. The van der Waals surface area contributed by atoms with Crippen molar-refractivity contribution in [2.75, 3.05) is 11.9 Å². The van der Waals surface area contributed by atoms with Crippen molar-refractivity contribution in [3.05, 3.63) is 41.3 Å².